The molecule has 4 heterocycles. The minimum Gasteiger partial charge on any atom is -0.490 e. The summed E-state index contributed by atoms with van der Waals surface area (Å²) >= 11 is 0. The molecule has 2 saturated heterocycles. The lowest BCUT2D eigenvalue weighted by atomic mass is 9.90. The molecular formula is C34H36FN5O3. The number of hydrogen-bond acceptors (Lipinski definition) is 6. The van der Waals surface area contributed by atoms with Gasteiger partial charge in [0.05, 0.1) is 5.69 Å². The Kier molecular flexibility index (Phi) is 8.88. The van der Waals surface area contributed by atoms with Crippen molar-refractivity contribution in [3.8, 4) is 11.4 Å². The third-order valence-electron chi connectivity index (χ3n) is 8.44. The summed E-state index contributed by atoms with van der Waals surface area (Å²) in [5.74, 6) is 0.867. The van der Waals surface area contributed by atoms with Gasteiger partial charge in [-0.2, -0.15) is 5.10 Å². The molecule has 1 amide bonds. The van der Waals surface area contributed by atoms with Crippen molar-refractivity contribution in [1.82, 2.24) is 24.6 Å². The number of ether oxygens (including phenoxy) is 1. The smallest absolute Gasteiger partial charge is 0.272 e. The number of halogens is 1. The Hall–Kier alpha value is -4.37. The Bertz CT molecular complexity index is 1490. The first-order valence-electron chi connectivity index (χ1n) is 15.0. The summed E-state index contributed by atoms with van der Waals surface area (Å²) in [4.78, 5) is 34.6. The number of aromatic nitrogens is 3. The van der Waals surface area contributed by atoms with Crippen LogP contribution in [-0.2, 0) is 6.54 Å². The van der Waals surface area contributed by atoms with Gasteiger partial charge in [-0.1, -0.05) is 12.1 Å². The SMILES string of the molecule is O=C(CC1CCN(Cc2ccc(F)cc2)CC1)c1ccc(C(=O)N2CCC(Oc3ccc(-n4cccn4)cc3)CC2)nc1. The molecule has 2 aliphatic rings. The van der Waals surface area contributed by atoms with E-state index in [9.17, 15) is 14.0 Å². The molecule has 0 N–H and O–H groups in total. The van der Waals surface area contributed by atoms with E-state index in [0.717, 1.165) is 62.3 Å². The molecule has 0 unspecified atom stereocenters. The van der Waals surface area contributed by atoms with Crippen LogP contribution >= 0.6 is 0 Å². The average molecular weight is 582 g/mol. The molecule has 6 rings (SSSR count). The van der Waals surface area contributed by atoms with E-state index in [1.54, 1.807) is 29.2 Å². The number of ketones is 1. The molecular weight excluding hydrogens is 545 g/mol. The number of amides is 1. The van der Waals surface area contributed by atoms with Crippen LogP contribution in [-0.4, -0.2) is 68.5 Å². The number of carbonyl (C=O) groups excluding carboxylic acids is 2. The van der Waals surface area contributed by atoms with Gasteiger partial charge in [0.15, 0.2) is 5.78 Å². The first kappa shape index (κ1) is 28.7. The van der Waals surface area contributed by atoms with Gasteiger partial charge in [0.1, 0.15) is 23.4 Å². The van der Waals surface area contributed by atoms with Crippen molar-refractivity contribution < 1.29 is 18.7 Å². The van der Waals surface area contributed by atoms with Crippen LogP contribution in [0.5, 0.6) is 5.75 Å². The van der Waals surface area contributed by atoms with Gasteiger partial charge in [-0.15, -0.1) is 0 Å². The topological polar surface area (TPSA) is 80.6 Å². The maximum absolute atomic E-state index is 13.2. The number of carbonyl (C=O) groups is 2. The highest BCUT2D eigenvalue weighted by Gasteiger charge is 2.26. The minimum atomic E-state index is -0.219. The van der Waals surface area contributed by atoms with Crippen LogP contribution in [0, 0.1) is 11.7 Å². The zero-order valence-corrected chi connectivity index (χ0v) is 24.1. The lowest BCUT2D eigenvalue weighted by molar-refractivity contribution is 0.0589. The van der Waals surface area contributed by atoms with Crippen LogP contribution in [0.15, 0.2) is 85.3 Å². The molecule has 9 heteroatoms. The molecule has 0 atom stereocenters. The predicted molar refractivity (Wildman–Crippen MR) is 161 cm³/mol. The van der Waals surface area contributed by atoms with Crippen LogP contribution in [0.2, 0.25) is 0 Å². The second-order valence-corrected chi connectivity index (χ2v) is 11.5. The fourth-order valence-electron chi connectivity index (χ4n) is 5.89. The summed E-state index contributed by atoms with van der Waals surface area (Å²) in [6.45, 7) is 3.82. The van der Waals surface area contributed by atoms with Crippen molar-refractivity contribution >= 4 is 11.7 Å². The Morgan fingerprint density at radius 3 is 2.28 bits per heavy atom. The van der Waals surface area contributed by atoms with Crippen molar-refractivity contribution in [2.75, 3.05) is 26.2 Å². The Labute approximate surface area is 251 Å². The van der Waals surface area contributed by atoms with Crippen LogP contribution in [0.1, 0.15) is 58.5 Å². The van der Waals surface area contributed by atoms with Crippen molar-refractivity contribution in [3.05, 3.63) is 108 Å². The zero-order chi connectivity index (χ0) is 29.6. The third kappa shape index (κ3) is 7.35. The average Bonchev–Trinajstić information content (AvgIpc) is 3.59. The Balaban J connectivity index is 0.933. The van der Waals surface area contributed by atoms with Crippen molar-refractivity contribution in [1.29, 1.82) is 0 Å². The first-order chi connectivity index (χ1) is 21.0. The normalized spacial score (nSPS) is 16.7. The monoisotopic (exact) mass is 581 g/mol. The Morgan fingerprint density at radius 1 is 0.884 bits per heavy atom. The molecule has 43 heavy (non-hydrogen) atoms. The van der Waals surface area contributed by atoms with E-state index in [1.165, 1.54) is 12.1 Å². The van der Waals surface area contributed by atoms with Crippen molar-refractivity contribution in [2.45, 2.75) is 44.8 Å². The quantitative estimate of drug-likeness (QED) is 0.240. The molecule has 0 bridgehead atoms. The van der Waals surface area contributed by atoms with E-state index in [4.69, 9.17) is 4.74 Å². The van der Waals surface area contributed by atoms with E-state index in [-0.39, 0.29) is 23.6 Å². The third-order valence-corrected chi connectivity index (χ3v) is 8.44. The van der Waals surface area contributed by atoms with Gasteiger partial charge in [0.2, 0.25) is 0 Å². The summed E-state index contributed by atoms with van der Waals surface area (Å²) in [5.41, 5.74) is 2.98. The zero-order valence-electron chi connectivity index (χ0n) is 24.1. The second-order valence-electron chi connectivity index (χ2n) is 11.5. The van der Waals surface area contributed by atoms with E-state index in [1.807, 2.05) is 53.6 Å². The largest absolute Gasteiger partial charge is 0.490 e. The van der Waals surface area contributed by atoms with Gasteiger partial charge in [-0.25, -0.2) is 9.07 Å². The van der Waals surface area contributed by atoms with Crippen molar-refractivity contribution in [3.63, 3.8) is 0 Å². The molecule has 0 spiro atoms. The van der Waals surface area contributed by atoms with Gasteiger partial charge < -0.3 is 9.64 Å². The van der Waals surface area contributed by atoms with Gasteiger partial charge in [-0.3, -0.25) is 19.5 Å². The van der Waals surface area contributed by atoms with E-state index in [2.05, 4.69) is 15.0 Å². The van der Waals surface area contributed by atoms with Crippen LogP contribution in [0.4, 0.5) is 4.39 Å². The Morgan fingerprint density at radius 2 is 1.63 bits per heavy atom. The van der Waals surface area contributed by atoms with Crippen LogP contribution < -0.4 is 4.74 Å². The molecule has 0 saturated carbocycles. The number of pyridine rings is 1. The van der Waals surface area contributed by atoms with E-state index >= 15 is 0 Å². The number of nitrogens with zero attached hydrogens (tertiary/aromatic N) is 5. The van der Waals surface area contributed by atoms with Crippen LogP contribution in [0.25, 0.3) is 5.69 Å². The number of Topliss-reactive ketones (excluding diaryl/α,β-unsaturated/α-hetero) is 1. The molecule has 2 aliphatic heterocycles. The van der Waals surface area contributed by atoms with E-state index < -0.39 is 0 Å². The number of hydrogen-bond donors (Lipinski definition) is 0. The molecule has 2 aromatic carbocycles. The maximum Gasteiger partial charge on any atom is 0.272 e. The predicted octanol–water partition coefficient (Wildman–Crippen LogP) is 5.58. The highest BCUT2D eigenvalue weighted by atomic mass is 19.1. The number of benzene rings is 2. The highest BCUT2D eigenvalue weighted by molar-refractivity contribution is 5.97. The van der Waals surface area contributed by atoms with Gasteiger partial charge >= 0.3 is 0 Å². The first-order valence-corrected chi connectivity index (χ1v) is 15.0. The fraction of sp³-hybridized carbons (Fsp3) is 0.353. The minimum absolute atomic E-state index is 0.0438. The molecule has 4 aromatic rings. The van der Waals surface area contributed by atoms with Gasteiger partial charge in [0, 0.05) is 63.1 Å². The molecule has 0 aliphatic carbocycles. The summed E-state index contributed by atoms with van der Waals surface area (Å²) < 4.78 is 21.1. The molecule has 8 nitrogen and oxygen atoms in total. The molecule has 2 fully saturated rings. The maximum atomic E-state index is 13.2. The standard InChI is InChI=1S/C34H36FN5O3/c35-28-5-2-26(3-6-28)24-38-18-12-25(13-19-38)22-33(41)27-4-11-32(36-23-27)34(42)39-20-14-31(15-21-39)43-30-9-7-29(8-10-30)40-17-1-16-37-40/h1-11,16-17,23,25,31H,12-15,18-22,24H2. The van der Waals surface area contributed by atoms with Crippen LogP contribution in [0.3, 0.4) is 0 Å². The van der Waals surface area contributed by atoms with Crippen molar-refractivity contribution in [2.24, 2.45) is 5.92 Å². The number of likely N-dealkylation sites (tertiary alicyclic amines) is 2. The van der Waals surface area contributed by atoms with Gasteiger partial charge in [0.25, 0.3) is 5.91 Å². The lowest BCUT2D eigenvalue weighted by Crippen LogP contribution is -2.42. The second kappa shape index (κ2) is 13.3. The highest BCUT2D eigenvalue weighted by Crippen LogP contribution is 2.25. The fourth-order valence-corrected chi connectivity index (χ4v) is 5.89. The molecule has 222 valence electrons. The summed E-state index contributed by atoms with van der Waals surface area (Å²) in [7, 11) is 0. The molecule has 0 radical (unpaired) electrons. The number of piperidine rings is 2. The summed E-state index contributed by atoms with van der Waals surface area (Å²) in [6.07, 6.45) is 9.10. The number of rotatable bonds is 9. The van der Waals surface area contributed by atoms with E-state index in [0.29, 0.717) is 36.7 Å². The lowest BCUT2D eigenvalue weighted by Gasteiger charge is -2.32. The summed E-state index contributed by atoms with van der Waals surface area (Å²) in [5, 5.41) is 4.24. The summed E-state index contributed by atoms with van der Waals surface area (Å²) in [6, 6.07) is 19.8. The molecule has 2 aromatic heterocycles. The van der Waals surface area contributed by atoms with Gasteiger partial charge in [-0.05, 0) is 92.0 Å².